The van der Waals surface area contributed by atoms with E-state index in [1.807, 2.05) is 23.6 Å². The monoisotopic (exact) mass is 444 g/mol. The Morgan fingerprint density at radius 1 is 1.17 bits per heavy atom. The van der Waals surface area contributed by atoms with Crippen molar-refractivity contribution < 1.29 is 22.7 Å². The first-order valence-corrected chi connectivity index (χ1v) is 11.6. The van der Waals surface area contributed by atoms with Gasteiger partial charge >= 0.3 is 0 Å². The van der Waals surface area contributed by atoms with Gasteiger partial charge in [-0.1, -0.05) is 0 Å². The number of nitrogens with one attached hydrogen (secondary N) is 1. The number of amides is 1. The molecule has 0 unspecified atom stereocenters. The summed E-state index contributed by atoms with van der Waals surface area (Å²) in [5.41, 5.74) is 1.98. The van der Waals surface area contributed by atoms with Crippen molar-refractivity contribution in [1.82, 2.24) is 9.88 Å². The molecule has 0 saturated heterocycles. The van der Waals surface area contributed by atoms with Gasteiger partial charge in [0.2, 0.25) is 0 Å². The molecule has 3 aliphatic rings. The highest BCUT2D eigenvalue weighted by atomic mass is 32.2. The molecule has 9 nitrogen and oxygen atoms in total. The Balaban J connectivity index is 1.31. The number of aromatic nitrogens is 1. The molecule has 0 fully saturated rings. The van der Waals surface area contributed by atoms with Crippen molar-refractivity contribution in [3.05, 3.63) is 47.5 Å². The minimum Gasteiger partial charge on any atom is -0.486 e. The van der Waals surface area contributed by atoms with E-state index in [9.17, 15) is 13.2 Å². The SMILES string of the molecule is O=C(Nc1nc(-c2ccc3c(c2)OCCO3)cs1)C1=CN2CCS(=O)(=O)N=C2C=C1. The second-order valence-corrected chi connectivity index (χ2v) is 9.31. The largest absolute Gasteiger partial charge is 0.486 e. The number of nitrogens with zero attached hydrogens (tertiary/aromatic N) is 3. The number of carbonyl (C=O) groups is 1. The highest BCUT2D eigenvalue weighted by Crippen LogP contribution is 2.35. The van der Waals surface area contributed by atoms with Gasteiger partial charge in [-0.15, -0.1) is 15.7 Å². The molecule has 0 bridgehead atoms. The molecule has 5 rings (SSSR count). The molecule has 1 aromatic carbocycles. The van der Waals surface area contributed by atoms with Crippen LogP contribution in [0.15, 0.2) is 51.9 Å². The lowest BCUT2D eigenvalue weighted by Gasteiger charge is -2.26. The van der Waals surface area contributed by atoms with E-state index in [-0.39, 0.29) is 18.2 Å². The van der Waals surface area contributed by atoms with Crippen LogP contribution in [-0.2, 0) is 14.8 Å². The number of sulfonamides is 1. The standard InChI is InChI=1S/C19H16N4O5S2/c24-18(13-2-4-17-22-30(25,26)8-5-23(17)10-13)21-19-20-14(11-29-19)12-1-3-15-16(9-12)28-7-6-27-15/h1-4,9-11H,5-8H2,(H,20,21,24). The summed E-state index contributed by atoms with van der Waals surface area (Å²) >= 11 is 1.31. The predicted molar refractivity (Wildman–Crippen MR) is 112 cm³/mol. The van der Waals surface area contributed by atoms with Gasteiger partial charge in [-0.25, -0.2) is 13.4 Å². The van der Waals surface area contributed by atoms with E-state index in [0.717, 1.165) is 11.3 Å². The topological polar surface area (TPSA) is 110 Å². The van der Waals surface area contributed by atoms with Crippen LogP contribution in [0.2, 0.25) is 0 Å². The van der Waals surface area contributed by atoms with E-state index < -0.39 is 10.0 Å². The Kier molecular flexibility index (Phi) is 4.55. The molecule has 0 spiro atoms. The summed E-state index contributed by atoms with van der Waals surface area (Å²) in [4.78, 5) is 18.8. The minimum absolute atomic E-state index is 0.0822. The van der Waals surface area contributed by atoms with Gasteiger partial charge in [0.1, 0.15) is 19.0 Å². The molecule has 154 valence electrons. The molecular weight excluding hydrogens is 428 g/mol. The zero-order valence-corrected chi connectivity index (χ0v) is 17.2. The Morgan fingerprint density at radius 2 is 2.00 bits per heavy atom. The van der Waals surface area contributed by atoms with E-state index in [1.54, 1.807) is 17.2 Å². The number of thiazole rings is 1. The van der Waals surface area contributed by atoms with Crippen LogP contribution in [0.1, 0.15) is 0 Å². The molecule has 1 amide bonds. The van der Waals surface area contributed by atoms with Crippen LogP contribution in [-0.4, -0.2) is 55.6 Å². The summed E-state index contributed by atoms with van der Waals surface area (Å²) in [5, 5.41) is 5.10. The summed E-state index contributed by atoms with van der Waals surface area (Å²) in [5.74, 6) is 1.28. The van der Waals surface area contributed by atoms with Crippen LogP contribution in [0.3, 0.4) is 0 Å². The maximum atomic E-state index is 12.6. The van der Waals surface area contributed by atoms with Crippen molar-refractivity contribution in [3.63, 3.8) is 0 Å². The van der Waals surface area contributed by atoms with Gasteiger partial charge in [-0.05, 0) is 30.4 Å². The smallest absolute Gasteiger partial charge is 0.258 e. The Bertz CT molecular complexity index is 1230. The van der Waals surface area contributed by atoms with Crippen molar-refractivity contribution in [3.8, 4) is 22.8 Å². The van der Waals surface area contributed by atoms with E-state index in [1.165, 1.54) is 17.4 Å². The van der Waals surface area contributed by atoms with Gasteiger partial charge in [0.25, 0.3) is 15.9 Å². The molecule has 2 aromatic rings. The molecule has 4 heterocycles. The van der Waals surface area contributed by atoms with Crippen LogP contribution in [0.25, 0.3) is 11.3 Å². The lowest BCUT2D eigenvalue weighted by molar-refractivity contribution is -0.112. The first-order chi connectivity index (χ1) is 14.5. The minimum atomic E-state index is -3.43. The predicted octanol–water partition coefficient (Wildman–Crippen LogP) is 2.02. The lowest BCUT2D eigenvalue weighted by Crippen LogP contribution is -2.37. The van der Waals surface area contributed by atoms with Crippen LogP contribution in [0, 0.1) is 0 Å². The summed E-state index contributed by atoms with van der Waals surface area (Å²) in [6.07, 6.45) is 4.66. The summed E-state index contributed by atoms with van der Waals surface area (Å²) in [7, 11) is -3.43. The fourth-order valence-corrected chi connectivity index (χ4v) is 4.86. The van der Waals surface area contributed by atoms with Gasteiger partial charge in [0.15, 0.2) is 16.6 Å². The summed E-state index contributed by atoms with van der Waals surface area (Å²) in [6, 6.07) is 5.61. The van der Waals surface area contributed by atoms with Crippen LogP contribution >= 0.6 is 11.3 Å². The van der Waals surface area contributed by atoms with Crippen molar-refractivity contribution in [2.75, 3.05) is 30.8 Å². The van der Waals surface area contributed by atoms with Gasteiger partial charge in [-0.2, -0.15) is 0 Å². The maximum Gasteiger partial charge on any atom is 0.258 e. The zero-order valence-electron chi connectivity index (χ0n) is 15.6. The quantitative estimate of drug-likeness (QED) is 0.771. The number of fused-ring (bicyclic) bond motifs is 2. The summed E-state index contributed by atoms with van der Waals surface area (Å²) in [6.45, 7) is 1.30. The highest BCUT2D eigenvalue weighted by Gasteiger charge is 2.25. The molecule has 11 heteroatoms. The molecule has 0 saturated carbocycles. The molecule has 3 aliphatic heterocycles. The van der Waals surface area contributed by atoms with Crippen molar-refractivity contribution in [1.29, 1.82) is 0 Å². The molecule has 0 atom stereocenters. The number of anilines is 1. The van der Waals surface area contributed by atoms with E-state index >= 15 is 0 Å². The number of carbonyl (C=O) groups excluding carboxylic acids is 1. The average Bonchev–Trinajstić information content (AvgIpc) is 3.21. The van der Waals surface area contributed by atoms with Crippen LogP contribution in [0.4, 0.5) is 5.13 Å². The molecule has 0 aliphatic carbocycles. The Hall–Kier alpha value is -3.18. The van der Waals surface area contributed by atoms with Crippen LogP contribution < -0.4 is 14.8 Å². The van der Waals surface area contributed by atoms with Crippen molar-refractivity contribution >= 4 is 38.2 Å². The first kappa shape index (κ1) is 18.8. The van der Waals surface area contributed by atoms with E-state index in [0.29, 0.717) is 41.3 Å². The van der Waals surface area contributed by atoms with Crippen molar-refractivity contribution in [2.45, 2.75) is 0 Å². The third-order valence-corrected chi connectivity index (χ3v) is 6.57. The van der Waals surface area contributed by atoms with Gasteiger partial charge in [-0.3, -0.25) is 10.1 Å². The Labute approximate surface area is 176 Å². The van der Waals surface area contributed by atoms with Gasteiger partial charge in [0, 0.05) is 23.7 Å². The molecule has 0 radical (unpaired) electrons. The first-order valence-electron chi connectivity index (χ1n) is 9.13. The second-order valence-electron chi connectivity index (χ2n) is 6.70. The van der Waals surface area contributed by atoms with E-state index in [2.05, 4.69) is 14.7 Å². The number of ether oxygens (including phenoxy) is 2. The number of benzene rings is 1. The second kappa shape index (κ2) is 7.26. The normalized spacial score (nSPS) is 18.9. The fourth-order valence-electron chi connectivity index (χ4n) is 3.17. The lowest BCUT2D eigenvalue weighted by atomic mass is 10.1. The molecule has 1 N–H and O–H groups in total. The number of hydrogen-bond donors (Lipinski definition) is 1. The van der Waals surface area contributed by atoms with Crippen LogP contribution in [0.5, 0.6) is 11.5 Å². The average molecular weight is 444 g/mol. The number of rotatable bonds is 3. The van der Waals surface area contributed by atoms with Gasteiger partial charge in [0.05, 0.1) is 17.0 Å². The maximum absolute atomic E-state index is 12.6. The molecule has 1 aromatic heterocycles. The zero-order chi connectivity index (χ0) is 20.7. The van der Waals surface area contributed by atoms with E-state index in [4.69, 9.17) is 9.47 Å². The fraction of sp³-hybridized carbons (Fsp3) is 0.211. The molecular formula is C19H16N4O5S2. The highest BCUT2D eigenvalue weighted by molar-refractivity contribution is 7.90. The van der Waals surface area contributed by atoms with Gasteiger partial charge < -0.3 is 14.4 Å². The number of amidine groups is 1. The summed E-state index contributed by atoms with van der Waals surface area (Å²) < 4.78 is 38.0. The third-order valence-electron chi connectivity index (χ3n) is 4.65. The Morgan fingerprint density at radius 3 is 2.87 bits per heavy atom. The third kappa shape index (κ3) is 3.68. The number of hydrogen-bond acceptors (Lipinski definition) is 8. The van der Waals surface area contributed by atoms with Crippen molar-refractivity contribution in [2.24, 2.45) is 4.40 Å². The molecule has 30 heavy (non-hydrogen) atoms.